The zero-order valence-corrected chi connectivity index (χ0v) is 12.8. The van der Waals surface area contributed by atoms with Crippen LogP contribution in [-0.4, -0.2) is 19.5 Å². The van der Waals surface area contributed by atoms with Crippen molar-refractivity contribution in [3.8, 4) is 0 Å². The van der Waals surface area contributed by atoms with Crippen molar-refractivity contribution in [1.82, 2.24) is 9.29 Å². The van der Waals surface area contributed by atoms with Gasteiger partial charge in [-0.1, -0.05) is 23.7 Å². The Kier molecular flexibility index (Phi) is 4.86. The lowest BCUT2D eigenvalue weighted by Gasteiger charge is -2.06. The minimum Gasteiger partial charge on any atom is -0.357 e. The van der Waals surface area contributed by atoms with Crippen molar-refractivity contribution in [2.75, 3.05) is 6.54 Å². The second kappa shape index (κ2) is 6.43. The van der Waals surface area contributed by atoms with E-state index in [0.29, 0.717) is 18.0 Å². The standard InChI is InChI=1S/C14H17ClN2O2S/c1-17-9-7-12(10-17)6-8-16-20(18,19)11-13-2-4-14(15)5-3-13/h2-5,7,9-10,16H,6,8,11H2,1H3. The van der Waals surface area contributed by atoms with Gasteiger partial charge in [0.15, 0.2) is 0 Å². The molecular formula is C14H17ClN2O2S. The van der Waals surface area contributed by atoms with Crippen LogP contribution in [0.25, 0.3) is 0 Å². The van der Waals surface area contributed by atoms with Crippen molar-refractivity contribution in [1.29, 1.82) is 0 Å². The van der Waals surface area contributed by atoms with Gasteiger partial charge in [-0.25, -0.2) is 13.1 Å². The van der Waals surface area contributed by atoms with Gasteiger partial charge >= 0.3 is 0 Å². The molecule has 4 nitrogen and oxygen atoms in total. The van der Waals surface area contributed by atoms with Crippen LogP contribution in [0.1, 0.15) is 11.1 Å². The molecule has 0 atom stereocenters. The number of aromatic nitrogens is 1. The highest BCUT2D eigenvalue weighted by atomic mass is 35.5. The minimum absolute atomic E-state index is 0.0288. The zero-order chi connectivity index (χ0) is 14.6. The van der Waals surface area contributed by atoms with E-state index in [1.807, 2.05) is 30.1 Å². The van der Waals surface area contributed by atoms with Crippen LogP contribution in [0, 0.1) is 0 Å². The van der Waals surface area contributed by atoms with E-state index < -0.39 is 10.0 Å². The van der Waals surface area contributed by atoms with E-state index in [1.54, 1.807) is 24.3 Å². The number of hydrogen-bond acceptors (Lipinski definition) is 2. The highest BCUT2D eigenvalue weighted by molar-refractivity contribution is 7.88. The van der Waals surface area contributed by atoms with Crippen LogP contribution in [0.4, 0.5) is 0 Å². The first-order valence-corrected chi connectivity index (χ1v) is 8.30. The van der Waals surface area contributed by atoms with Gasteiger partial charge in [0.1, 0.15) is 0 Å². The third-order valence-electron chi connectivity index (χ3n) is 2.90. The van der Waals surface area contributed by atoms with Gasteiger partial charge in [0.25, 0.3) is 0 Å². The topological polar surface area (TPSA) is 51.1 Å². The summed E-state index contributed by atoms with van der Waals surface area (Å²) < 4.78 is 28.4. The van der Waals surface area contributed by atoms with Crippen LogP contribution in [-0.2, 0) is 29.2 Å². The molecule has 1 N–H and O–H groups in total. The van der Waals surface area contributed by atoms with E-state index in [4.69, 9.17) is 11.6 Å². The molecule has 1 heterocycles. The second-order valence-electron chi connectivity index (χ2n) is 4.72. The third-order valence-corrected chi connectivity index (χ3v) is 4.51. The zero-order valence-electron chi connectivity index (χ0n) is 11.2. The Bertz CT molecular complexity index is 663. The van der Waals surface area contributed by atoms with E-state index in [0.717, 1.165) is 11.1 Å². The molecule has 1 aromatic heterocycles. The number of benzene rings is 1. The van der Waals surface area contributed by atoms with Gasteiger partial charge in [-0.05, 0) is 35.7 Å². The van der Waals surface area contributed by atoms with Crippen LogP contribution in [0.2, 0.25) is 5.02 Å². The van der Waals surface area contributed by atoms with Crippen LogP contribution in [0.5, 0.6) is 0 Å². The summed E-state index contributed by atoms with van der Waals surface area (Å²) in [5.41, 5.74) is 1.84. The quantitative estimate of drug-likeness (QED) is 0.890. The Morgan fingerprint density at radius 2 is 1.85 bits per heavy atom. The van der Waals surface area contributed by atoms with Gasteiger partial charge in [-0.3, -0.25) is 0 Å². The number of rotatable bonds is 6. The number of nitrogens with one attached hydrogen (secondary N) is 1. The Balaban J connectivity index is 1.86. The maximum atomic E-state index is 11.9. The van der Waals surface area contributed by atoms with Gasteiger partial charge in [0.2, 0.25) is 10.0 Å². The second-order valence-corrected chi connectivity index (χ2v) is 6.96. The lowest BCUT2D eigenvalue weighted by Crippen LogP contribution is -2.27. The number of hydrogen-bond donors (Lipinski definition) is 1. The molecule has 20 heavy (non-hydrogen) atoms. The maximum Gasteiger partial charge on any atom is 0.215 e. The summed E-state index contributed by atoms with van der Waals surface area (Å²) in [5.74, 6) is -0.0288. The first kappa shape index (κ1) is 15.1. The molecule has 0 saturated heterocycles. The average molecular weight is 313 g/mol. The van der Waals surface area contributed by atoms with Crippen LogP contribution < -0.4 is 4.72 Å². The van der Waals surface area contributed by atoms with Crippen molar-refractivity contribution in [3.63, 3.8) is 0 Å². The SMILES string of the molecule is Cn1ccc(CCNS(=O)(=O)Cc2ccc(Cl)cc2)c1. The molecule has 0 aliphatic carbocycles. The van der Waals surface area contributed by atoms with Crippen molar-refractivity contribution in [2.45, 2.75) is 12.2 Å². The smallest absolute Gasteiger partial charge is 0.215 e. The Hall–Kier alpha value is -1.30. The summed E-state index contributed by atoms with van der Waals surface area (Å²) in [6.07, 6.45) is 4.60. The van der Waals surface area contributed by atoms with E-state index in [1.165, 1.54) is 0 Å². The molecule has 0 aliphatic rings. The Labute approximate surface area is 124 Å². The van der Waals surface area contributed by atoms with Crippen molar-refractivity contribution >= 4 is 21.6 Å². The van der Waals surface area contributed by atoms with E-state index in [-0.39, 0.29) is 5.75 Å². The Morgan fingerprint density at radius 1 is 1.15 bits per heavy atom. The van der Waals surface area contributed by atoms with E-state index >= 15 is 0 Å². The van der Waals surface area contributed by atoms with Gasteiger partial charge < -0.3 is 4.57 Å². The predicted octanol–water partition coefficient (Wildman–Crippen LogP) is 2.34. The fraction of sp³-hybridized carbons (Fsp3) is 0.286. The van der Waals surface area contributed by atoms with Crippen LogP contribution >= 0.6 is 11.6 Å². The normalized spacial score (nSPS) is 11.7. The summed E-state index contributed by atoms with van der Waals surface area (Å²) in [7, 11) is -1.37. The molecule has 0 aliphatic heterocycles. The van der Waals surface area contributed by atoms with Crippen molar-refractivity contribution in [2.24, 2.45) is 7.05 Å². The molecule has 1 aromatic carbocycles. The number of aryl methyl sites for hydroxylation is 1. The molecule has 2 aromatic rings. The monoisotopic (exact) mass is 312 g/mol. The van der Waals surface area contributed by atoms with Gasteiger partial charge in [-0.15, -0.1) is 0 Å². The molecule has 0 unspecified atom stereocenters. The third kappa shape index (κ3) is 4.67. The first-order chi connectivity index (χ1) is 9.44. The maximum absolute atomic E-state index is 11.9. The first-order valence-electron chi connectivity index (χ1n) is 6.27. The molecule has 0 bridgehead atoms. The summed E-state index contributed by atoms with van der Waals surface area (Å²) in [4.78, 5) is 0. The molecule has 6 heteroatoms. The molecule has 0 saturated carbocycles. The summed E-state index contributed by atoms with van der Waals surface area (Å²) in [5, 5.41) is 0.600. The Morgan fingerprint density at radius 3 is 2.45 bits per heavy atom. The molecule has 108 valence electrons. The fourth-order valence-corrected chi connectivity index (χ4v) is 3.18. The largest absolute Gasteiger partial charge is 0.357 e. The van der Waals surface area contributed by atoms with E-state index in [2.05, 4.69) is 4.72 Å². The lowest BCUT2D eigenvalue weighted by molar-refractivity contribution is 0.581. The fourth-order valence-electron chi connectivity index (χ4n) is 1.91. The van der Waals surface area contributed by atoms with E-state index in [9.17, 15) is 8.42 Å². The summed E-state index contributed by atoms with van der Waals surface area (Å²) in [6, 6.07) is 8.80. The lowest BCUT2D eigenvalue weighted by atomic mass is 10.2. The molecular weight excluding hydrogens is 296 g/mol. The highest BCUT2D eigenvalue weighted by Crippen LogP contribution is 2.11. The molecule has 0 radical (unpaired) electrons. The molecule has 2 rings (SSSR count). The average Bonchev–Trinajstić information content (AvgIpc) is 2.77. The van der Waals surface area contributed by atoms with Gasteiger partial charge in [0.05, 0.1) is 5.75 Å². The number of sulfonamides is 1. The van der Waals surface area contributed by atoms with Crippen LogP contribution in [0.3, 0.4) is 0 Å². The number of halogens is 1. The minimum atomic E-state index is -3.31. The van der Waals surface area contributed by atoms with Gasteiger partial charge in [0, 0.05) is 31.0 Å². The van der Waals surface area contributed by atoms with Gasteiger partial charge in [-0.2, -0.15) is 0 Å². The number of nitrogens with zero attached hydrogens (tertiary/aromatic N) is 1. The molecule has 0 amide bonds. The molecule has 0 fully saturated rings. The van der Waals surface area contributed by atoms with Crippen molar-refractivity contribution in [3.05, 3.63) is 58.9 Å². The summed E-state index contributed by atoms with van der Waals surface area (Å²) in [6.45, 7) is 0.403. The summed E-state index contributed by atoms with van der Waals surface area (Å²) >= 11 is 5.77. The predicted molar refractivity (Wildman–Crippen MR) is 81.2 cm³/mol. The molecule has 0 spiro atoms. The van der Waals surface area contributed by atoms with Crippen molar-refractivity contribution < 1.29 is 8.42 Å². The van der Waals surface area contributed by atoms with Crippen LogP contribution in [0.15, 0.2) is 42.7 Å². The highest BCUT2D eigenvalue weighted by Gasteiger charge is 2.11.